The van der Waals surface area contributed by atoms with Gasteiger partial charge in [-0.2, -0.15) is 0 Å². The minimum absolute atomic E-state index is 0.798. The number of hydrogen-bond acceptors (Lipinski definition) is 3. The topological polar surface area (TPSA) is 35.2 Å². The molecule has 4 rings (SSSR count). The molecule has 0 amide bonds. The molecule has 1 aliphatic heterocycles. The second kappa shape index (κ2) is 6.22. The number of nitrogens with one attached hydrogen (secondary N) is 1. The van der Waals surface area contributed by atoms with Crippen LogP contribution in [-0.2, 0) is 6.54 Å². The molecular formula is C18H19ClN4. The highest BCUT2D eigenvalue weighted by Gasteiger charge is 2.18. The van der Waals surface area contributed by atoms with Gasteiger partial charge in [0.1, 0.15) is 5.82 Å². The largest absolute Gasteiger partial charge is 0.369 e. The summed E-state index contributed by atoms with van der Waals surface area (Å²) in [5, 5.41) is 0.798. The molecule has 0 bridgehead atoms. The second-order valence-electron chi connectivity index (χ2n) is 5.94. The summed E-state index contributed by atoms with van der Waals surface area (Å²) in [6, 6.07) is 16.3. The van der Waals surface area contributed by atoms with Gasteiger partial charge in [-0.3, -0.25) is 4.90 Å². The van der Waals surface area contributed by atoms with E-state index in [0.717, 1.165) is 54.6 Å². The summed E-state index contributed by atoms with van der Waals surface area (Å²) in [7, 11) is 0. The SMILES string of the molecule is Clc1cccc(N2CCN(Cc3nc4ccccc4[nH]3)CC2)c1. The maximum atomic E-state index is 6.09. The van der Waals surface area contributed by atoms with Gasteiger partial charge in [0.15, 0.2) is 0 Å². The third-order valence-corrected chi connectivity index (χ3v) is 4.59. The van der Waals surface area contributed by atoms with Crippen LogP contribution in [0.2, 0.25) is 5.02 Å². The van der Waals surface area contributed by atoms with Gasteiger partial charge >= 0.3 is 0 Å². The van der Waals surface area contributed by atoms with Crippen molar-refractivity contribution in [2.24, 2.45) is 0 Å². The fourth-order valence-electron chi connectivity index (χ4n) is 3.13. The van der Waals surface area contributed by atoms with Crippen LogP contribution < -0.4 is 4.90 Å². The van der Waals surface area contributed by atoms with Crippen molar-refractivity contribution in [1.82, 2.24) is 14.9 Å². The first-order valence-electron chi connectivity index (χ1n) is 7.94. The van der Waals surface area contributed by atoms with Gasteiger partial charge in [0.2, 0.25) is 0 Å². The van der Waals surface area contributed by atoms with Crippen molar-refractivity contribution < 1.29 is 0 Å². The van der Waals surface area contributed by atoms with Gasteiger partial charge < -0.3 is 9.88 Å². The highest BCUT2D eigenvalue weighted by atomic mass is 35.5. The Labute approximate surface area is 140 Å². The lowest BCUT2D eigenvalue weighted by Gasteiger charge is -2.35. The summed E-state index contributed by atoms with van der Waals surface area (Å²) in [6.07, 6.45) is 0. The summed E-state index contributed by atoms with van der Waals surface area (Å²) in [4.78, 5) is 12.9. The predicted molar refractivity (Wildman–Crippen MR) is 95.0 cm³/mol. The Morgan fingerprint density at radius 2 is 1.83 bits per heavy atom. The van der Waals surface area contributed by atoms with Crippen LogP contribution in [0.1, 0.15) is 5.82 Å². The molecular weight excluding hydrogens is 308 g/mol. The Balaban J connectivity index is 1.39. The summed E-state index contributed by atoms with van der Waals surface area (Å²) >= 11 is 6.09. The van der Waals surface area contributed by atoms with E-state index in [1.54, 1.807) is 0 Å². The molecule has 0 aliphatic carbocycles. The van der Waals surface area contributed by atoms with E-state index in [1.807, 2.05) is 36.4 Å². The maximum absolute atomic E-state index is 6.09. The van der Waals surface area contributed by atoms with Crippen molar-refractivity contribution in [3.8, 4) is 0 Å². The van der Waals surface area contributed by atoms with E-state index in [1.165, 1.54) is 5.69 Å². The number of fused-ring (bicyclic) bond motifs is 1. The lowest BCUT2D eigenvalue weighted by molar-refractivity contribution is 0.245. The number of aromatic amines is 1. The molecule has 4 nitrogen and oxygen atoms in total. The molecule has 1 aromatic heterocycles. The average molecular weight is 327 g/mol. The normalized spacial score (nSPS) is 16.1. The number of nitrogens with zero attached hydrogens (tertiary/aromatic N) is 3. The van der Waals surface area contributed by atoms with Crippen LogP contribution in [0.15, 0.2) is 48.5 Å². The van der Waals surface area contributed by atoms with Crippen LogP contribution in [0.5, 0.6) is 0 Å². The fraction of sp³-hybridized carbons (Fsp3) is 0.278. The Morgan fingerprint density at radius 3 is 2.61 bits per heavy atom. The van der Waals surface area contributed by atoms with Gasteiger partial charge in [0.05, 0.1) is 17.6 Å². The zero-order valence-electron chi connectivity index (χ0n) is 12.9. The molecule has 0 spiro atoms. The van der Waals surface area contributed by atoms with Crippen LogP contribution in [0, 0.1) is 0 Å². The Kier molecular flexibility index (Phi) is 3.93. The van der Waals surface area contributed by atoms with Gasteiger partial charge in [-0.1, -0.05) is 29.8 Å². The molecule has 5 heteroatoms. The monoisotopic (exact) mass is 326 g/mol. The highest BCUT2D eigenvalue weighted by molar-refractivity contribution is 6.30. The van der Waals surface area contributed by atoms with Crippen molar-refractivity contribution in [2.45, 2.75) is 6.54 Å². The Bertz CT molecular complexity index is 772. The number of H-pyrrole nitrogens is 1. The number of benzene rings is 2. The van der Waals surface area contributed by atoms with Gasteiger partial charge in [-0.15, -0.1) is 0 Å². The third-order valence-electron chi connectivity index (χ3n) is 4.36. The quantitative estimate of drug-likeness (QED) is 0.799. The van der Waals surface area contributed by atoms with E-state index in [2.05, 4.69) is 31.9 Å². The number of anilines is 1. The van der Waals surface area contributed by atoms with Crippen molar-refractivity contribution in [3.05, 3.63) is 59.4 Å². The molecule has 3 aromatic rings. The van der Waals surface area contributed by atoms with Crippen molar-refractivity contribution >= 4 is 28.3 Å². The first-order valence-corrected chi connectivity index (χ1v) is 8.32. The Hall–Kier alpha value is -2.04. The first kappa shape index (κ1) is 14.5. The summed E-state index contributed by atoms with van der Waals surface area (Å²) in [6.45, 7) is 4.96. The summed E-state index contributed by atoms with van der Waals surface area (Å²) < 4.78 is 0. The first-order chi connectivity index (χ1) is 11.3. The summed E-state index contributed by atoms with van der Waals surface area (Å²) in [5.74, 6) is 1.04. The highest BCUT2D eigenvalue weighted by Crippen LogP contribution is 2.21. The van der Waals surface area contributed by atoms with Gasteiger partial charge in [-0.05, 0) is 30.3 Å². The average Bonchev–Trinajstić information content (AvgIpc) is 2.98. The van der Waals surface area contributed by atoms with Crippen molar-refractivity contribution in [3.63, 3.8) is 0 Å². The smallest absolute Gasteiger partial charge is 0.121 e. The molecule has 1 saturated heterocycles. The number of para-hydroxylation sites is 2. The van der Waals surface area contributed by atoms with Gasteiger partial charge in [-0.25, -0.2) is 4.98 Å². The van der Waals surface area contributed by atoms with E-state index in [4.69, 9.17) is 11.6 Å². The van der Waals surface area contributed by atoms with E-state index in [0.29, 0.717) is 0 Å². The summed E-state index contributed by atoms with van der Waals surface area (Å²) in [5.41, 5.74) is 3.36. The molecule has 1 N–H and O–H groups in total. The second-order valence-corrected chi connectivity index (χ2v) is 6.38. The standard InChI is InChI=1S/C18H19ClN4/c19-14-4-3-5-15(12-14)23-10-8-22(9-11-23)13-18-20-16-6-1-2-7-17(16)21-18/h1-7,12H,8-11,13H2,(H,20,21). The van der Waals surface area contributed by atoms with Crippen LogP contribution in [-0.4, -0.2) is 41.0 Å². The van der Waals surface area contributed by atoms with Gasteiger partial charge in [0, 0.05) is 36.9 Å². The number of halogens is 1. The fourth-order valence-corrected chi connectivity index (χ4v) is 3.31. The number of aromatic nitrogens is 2. The van der Waals surface area contributed by atoms with Crippen molar-refractivity contribution in [1.29, 1.82) is 0 Å². The number of piperazine rings is 1. The molecule has 0 unspecified atom stereocenters. The minimum atomic E-state index is 0.798. The maximum Gasteiger partial charge on any atom is 0.121 e. The molecule has 0 radical (unpaired) electrons. The van der Waals surface area contributed by atoms with E-state index < -0.39 is 0 Å². The van der Waals surface area contributed by atoms with Crippen LogP contribution >= 0.6 is 11.6 Å². The number of hydrogen-bond donors (Lipinski definition) is 1. The van der Waals surface area contributed by atoms with Crippen LogP contribution in [0.25, 0.3) is 11.0 Å². The molecule has 0 atom stereocenters. The number of imidazole rings is 1. The molecule has 0 saturated carbocycles. The number of rotatable bonds is 3. The molecule has 1 aliphatic rings. The van der Waals surface area contributed by atoms with Crippen LogP contribution in [0.3, 0.4) is 0 Å². The molecule has 23 heavy (non-hydrogen) atoms. The van der Waals surface area contributed by atoms with E-state index in [9.17, 15) is 0 Å². The zero-order chi connectivity index (χ0) is 15.6. The van der Waals surface area contributed by atoms with E-state index in [-0.39, 0.29) is 0 Å². The van der Waals surface area contributed by atoms with Crippen molar-refractivity contribution in [2.75, 3.05) is 31.1 Å². The molecule has 1 fully saturated rings. The molecule has 2 aromatic carbocycles. The third kappa shape index (κ3) is 3.19. The van der Waals surface area contributed by atoms with Crippen LogP contribution in [0.4, 0.5) is 5.69 Å². The predicted octanol–water partition coefficient (Wildman–Crippen LogP) is 3.54. The van der Waals surface area contributed by atoms with E-state index >= 15 is 0 Å². The Morgan fingerprint density at radius 1 is 1.00 bits per heavy atom. The molecule has 2 heterocycles. The lowest BCUT2D eigenvalue weighted by Crippen LogP contribution is -2.46. The lowest BCUT2D eigenvalue weighted by atomic mass is 10.2. The zero-order valence-corrected chi connectivity index (χ0v) is 13.6. The molecule has 118 valence electrons. The minimum Gasteiger partial charge on any atom is -0.369 e. The van der Waals surface area contributed by atoms with Gasteiger partial charge in [0.25, 0.3) is 0 Å².